The summed E-state index contributed by atoms with van der Waals surface area (Å²) >= 11 is 19.0. The minimum atomic E-state index is -0.142. The van der Waals surface area contributed by atoms with Crippen molar-refractivity contribution in [2.75, 3.05) is 11.5 Å². The van der Waals surface area contributed by atoms with Crippen LogP contribution in [0.3, 0.4) is 0 Å². The predicted octanol–water partition coefficient (Wildman–Crippen LogP) is 7.69. The van der Waals surface area contributed by atoms with Gasteiger partial charge in [0.15, 0.2) is 15.8 Å². The van der Waals surface area contributed by atoms with E-state index in [1.807, 2.05) is 68.5 Å². The summed E-state index contributed by atoms with van der Waals surface area (Å²) in [7, 11) is 0. The van der Waals surface area contributed by atoms with Gasteiger partial charge in [0.2, 0.25) is 0 Å². The maximum Gasteiger partial charge on any atom is 0.270 e. The number of thiocarbonyl (C=S) groups is 1. The molecule has 0 atom stereocenters. The quantitative estimate of drug-likeness (QED) is 0.231. The van der Waals surface area contributed by atoms with Crippen molar-refractivity contribution in [3.8, 4) is 11.5 Å². The number of benzene rings is 3. The lowest BCUT2D eigenvalue weighted by Crippen LogP contribution is -2.27. The Kier molecular flexibility index (Phi) is 7.84. The molecule has 0 spiro atoms. The molecule has 0 radical (unpaired) electrons. The first kappa shape index (κ1) is 24.6. The third-order valence-electron chi connectivity index (χ3n) is 5.02. The lowest BCUT2D eigenvalue weighted by Gasteiger charge is -2.15. The number of amides is 1. The largest absolute Gasteiger partial charge is 0.490 e. The first-order valence-corrected chi connectivity index (χ1v) is 12.5. The normalized spacial score (nSPS) is 14.7. The van der Waals surface area contributed by atoms with Gasteiger partial charge in [-0.2, -0.15) is 0 Å². The highest BCUT2D eigenvalue weighted by Gasteiger charge is 2.33. The van der Waals surface area contributed by atoms with Gasteiger partial charge in [0.1, 0.15) is 6.61 Å². The van der Waals surface area contributed by atoms with E-state index in [1.54, 1.807) is 17.0 Å². The molecule has 34 heavy (non-hydrogen) atoms. The van der Waals surface area contributed by atoms with Crippen LogP contribution in [-0.4, -0.2) is 16.8 Å². The fourth-order valence-electron chi connectivity index (χ4n) is 3.40. The van der Waals surface area contributed by atoms with E-state index in [-0.39, 0.29) is 12.5 Å². The number of rotatable bonds is 7. The molecule has 1 amide bonds. The van der Waals surface area contributed by atoms with Gasteiger partial charge in [-0.15, -0.1) is 0 Å². The van der Waals surface area contributed by atoms with Crippen LogP contribution in [0.5, 0.6) is 11.5 Å². The number of nitrogens with zero attached hydrogens (tertiary/aromatic N) is 1. The summed E-state index contributed by atoms with van der Waals surface area (Å²) in [6, 6.07) is 18.5. The SMILES string of the molecule is CCOc1cc(/C=C2\SC(=S)N(c3cccc(C)c3)C2=O)ccc1OCc1ccc(Cl)cc1Cl. The van der Waals surface area contributed by atoms with Crippen molar-refractivity contribution in [1.29, 1.82) is 0 Å². The van der Waals surface area contributed by atoms with Gasteiger partial charge < -0.3 is 9.47 Å². The lowest BCUT2D eigenvalue weighted by atomic mass is 10.1. The van der Waals surface area contributed by atoms with E-state index in [2.05, 4.69) is 0 Å². The predicted molar refractivity (Wildman–Crippen MR) is 145 cm³/mol. The smallest absolute Gasteiger partial charge is 0.270 e. The van der Waals surface area contributed by atoms with E-state index in [0.717, 1.165) is 22.4 Å². The van der Waals surface area contributed by atoms with Crippen LogP contribution in [-0.2, 0) is 11.4 Å². The van der Waals surface area contributed by atoms with E-state index in [9.17, 15) is 4.79 Å². The van der Waals surface area contributed by atoms with Crippen LogP contribution in [0.15, 0.2) is 65.6 Å². The Bertz CT molecular complexity index is 1290. The van der Waals surface area contributed by atoms with E-state index in [1.165, 1.54) is 11.8 Å². The molecule has 0 saturated carbocycles. The van der Waals surface area contributed by atoms with Crippen LogP contribution in [0.2, 0.25) is 10.0 Å². The molecule has 1 heterocycles. The monoisotopic (exact) mass is 529 g/mol. The molecule has 1 saturated heterocycles. The molecule has 4 rings (SSSR count). The average Bonchev–Trinajstić information content (AvgIpc) is 3.07. The van der Waals surface area contributed by atoms with Crippen molar-refractivity contribution in [3.05, 3.63) is 92.3 Å². The standard InChI is InChI=1S/C26H21Cl2NO3S2/c1-3-31-23-12-17(7-10-22(23)32-15-18-8-9-19(27)14-21(18)28)13-24-25(30)29(26(33)34-24)20-6-4-5-16(2)11-20/h4-14H,3,15H2,1-2H3/b24-13-. The summed E-state index contributed by atoms with van der Waals surface area (Å²) in [6.45, 7) is 4.62. The second-order valence-corrected chi connectivity index (χ2v) is 10.0. The summed E-state index contributed by atoms with van der Waals surface area (Å²) in [5.74, 6) is 1.02. The molecule has 1 aliphatic rings. The van der Waals surface area contributed by atoms with Crippen molar-refractivity contribution in [3.63, 3.8) is 0 Å². The summed E-state index contributed by atoms with van der Waals surface area (Å²) in [6.07, 6.45) is 1.82. The molecule has 8 heteroatoms. The minimum Gasteiger partial charge on any atom is -0.490 e. The summed E-state index contributed by atoms with van der Waals surface area (Å²) in [4.78, 5) is 15.2. The fraction of sp³-hybridized carbons (Fsp3) is 0.154. The molecule has 1 aliphatic heterocycles. The molecule has 0 unspecified atom stereocenters. The van der Waals surface area contributed by atoms with Crippen LogP contribution in [0.1, 0.15) is 23.6 Å². The van der Waals surface area contributed by atoms with Crippen LogP contribution in [0, 0.1) is 6.92 Å². The molecule has 3 aromatic carbocycles. The van der Waals surface area contributed by atoms with Crippen LogP contribution < -0.4 is 14.4 Å². The van der Waals surface area contributed by atoms with Crippen molar-refractivity contribution in [2.24, 2.45) is 0 Å². The van der Waals surface area contributed by atoms with Crippen LogP contribution in [0.4, 0.5) is 5.69 Å². The number of hydrogen-bond donors (Lipinski definition) is 0. The average molecular weight is 530 g/mol. The van der Waals surface area contributed by atoms with E-state index in [0.29, 0.717) is 37.4 Å². The molecule has 4 nitrogen and oxygen atoms in total. The number of halogens is 2. The second kappa shape index (κ2) is 10.8. The summed E-state index contributed by atoms with van der Waals surface area (Å²) < 4.78 is 12.3. The Morgan fingerprint density at radius 2 is 1.85 bits per heavy atom. The fourth-order valence-corrected chi connectivity index (χ4v) is 5.17. The summed E-state index contributed by atoms with van der Waals surface area (Å²) in [5.41, 5.74) is 3.46. The zero-order chi connectivity index (χ0) is 24.2. The van der Waals surface area contributed by atoms with Crippen LogP contribution in [0.25, 0.3) is 6.08 Å². The van der Waals surface area contributed by atoms with Crippen LogP contribution >= 0.6 is 47.2 Å². The lowest BCUT2D eigenvalue weighted by molar-refractivity contribution is -0.113. The molecule has 1 fully saturated rings. The van der Waals surface area contributed by atoms with Crippen molar-refractivity contribution in [1.82, 2.24) is 0 Å². The maximum atomic E-state index is 13.1. The Hall–Kier alpha value is -2.51. The number of hydrogen-bond acceptors (Lipinski definition) is 5. The minimum absolute atomic E-state index is 0.142. The molecule has 0 N–H and O–H groups in total. The zero-order valence-corrected chi connectivity index (χ0v) is 21.7. The number of aryl methyl sites for hydroxylation is 1. The van der Waals surface area contributed by atoms with Gasteiger partial charge >= 0.3 is 0 Å². The highest BCUT2D eigenvalue weighted by Crippen LogP contribution is 2.37. The topological polar surface area (TPSA) is 38.8 Å². The van der Waals surface area contributed by atoms with E-state index in [4.69, 9.17) is 44.9 Å². The highest BCUT2D eigenvalue weighted by molar-refractivity contribution is 8.27. The number of carbonyl (C=O) groups is 1. The molecule has 0 bridgehead atoms. The molecule has 3 aromatic rings. The van der Waals surface area contributed by atoms with Gasteiger partial charge in [0, 0.05) is 15.6 Å². The van der Waals surface area contributed by atoms with Gasteiger partial charge in [-0.3, -0.25) is 9.69 Å². The van der Waals surface area contributed by atoms with Gasteiger partial charge in [-0.05, 0) is 67.4 Å². The number of carbonyl (C=O) groups excluding carboxylic acids is 1. The Balaban J connectivity index is 1.56. The summed E-state index contributed by atoms with van der Waals surface area (Å²) in [5, 5.41) is 1.11. The second-order valence-electron chi connectivity index (χ2n) is 7.52. The molecule has 174 valence electrons. The third kappa shape index (κ3) is 5.58. The zero-order valence-electron chi connectivity index (χ0n) is 18.5. The van der Waals surface area contributed by atoms with Gasteiger partial charge in [0.25, 0.3) is 5.91 Å². The van der Waals surface area contributed by atoms with Crippen molar-refractivity contribution < 1.29 is 14.3 Å². The first-order valence-electron chi connectivity index (χ1n) is 10.5. The molecular formula is C26H21Cl2NO3S2. The highest BCUT2D eigenvalue weighted by atomic mass is 35.5. The van der Waals surface area contributed by atoms with Crippen molar-refractivity contribution in [2.45, 2.75) is 20.5 Å². The van der Waals surface area contributed by atoms with Gasteiger partial charge in [-0.1, -0.05) is 71.4 Å². The molecule has 0 aliphatic carbocycles. The number of thioether (sulfide) groups is 1. The van der Waals surface area contributed by atoms with Crippen molar-refractivity contribution >= 4 is 69.2 Å². The number of anilines is 1. The first-order chi connectivity index (χ1) is 16.4. The number of ether oxygens (including phenoxy) is 2. The Morgan fingerprint density at radius 3 is 2.59 bits per heavy atom. The Labute approximate surface area is 218 Å². The maximum absolute atomic E-state index is 13.1. The van der Waals surface area contributed by atoms with E-state index < -0.39 is 0 Å². The Morgan fingerprint density at radius 1 is 1.03 bits per heavy atom. The third-order valence-corrected chi connectivity index (χ3v) is 6.91. The molecule has 0 aromatic heterocycles. The molecular weight excluding hydrogens is 509 g/mol. The van der Waals surface area contributed by atoms with E-state index >= 15 is 0 Å². The van der Waals surface area contributed by atoms with Gasteiger partial charge in [0.05, 0.1) is 17.2 Å². The van der Waals surface area contributed by atoms with Gasteiger partial charge in [-0.25, -0.2) is 0 Å².